The first kappa shape index (κ1) is 15.1. The fourth-order valence-electron chi connectivity index (χ4n) is 2.38. The molecule has 2 rings (SSSR count). The Bertz CT molecular complexity index is 485. The van der Waals surface area contributed by atoms with E-state index in [1.807, 2.05) is 20.8 Å². The standard InChI is InChI=1S/C14H20ClN3O2/c1-4-16-13-12(15)5-11(6-17-13)14(19)18-7-9(2)20-10(3)8-18/h5-6,9-10H,4,7-8H2,1-3H3,(H,16,17). The van der Waals surface area contributed by atoms with Gasteiger partial charge in [0.25, 0.3) is 5.91 Å². The third kappa shape index (κ3) is 3.41. The number of rotatable bonds is 3. The summed E-state index contributed by atoms with van der Waals surface area (Å²) in [5.41, 5.74) is 0.512. The normalized spacial score (nSPS) is 22.7. The average molecular weight is 298 g/mol. The van der Waals surface area contributed by atoms with Crippen molar-refractivity contribution in [1.29, 1.82) is 0 Å². The number of carbonyl (C=O) groups is 1. The number of anilines is 1. The van der Waals surface area contributed by atoms with Gasteiger partial charge in [0, 0.05) is 25.8 Å². The molecular weight excluding hydrogens is 278 g/mol. The van der Waals surface area contributed by atoms with Crippen molar-refractivity contribution in [2.45, 2.75) is 33.0 Å². The van der Waals surface area contributed by atoms with E-state index in [0.717, 1.165) is 6.54 Å². The Hall–Kier alpha value is -1.33. The zero-order valence-electron chi connectivity index (χ0n) is 12.0. The molecule has 20 heavy (non-hydrogen) atoms. The van der Waals surface area contributed by atoms with E-state index in [9.17, 15) is 4.79 Å². The minimum atomic E-state index is -0.0514. The number of ether oxygens (including phenoxy) is 1. The number of hydrogen-bond acceptors (Lipinski definition) is 4. The third-order valence-corrected chi connectivity index (χ3v) is 3.43. The molecule has 1 N–H and O–H groups in total. The van der Waals surface area contributed by atoms with Crippen LogP contribution in [-0.2, 0) is 4.74 Å². The Labute approximate surface area is 124 Å². The van der Waals surface area contributed by atoms with Crippen LogP contribution in [0.25, 0.3) is 0 Å². The summed E-state index contributed by atoms with van der Waals surface area (Å²) in [4.78, 5) is 18.5. The highest BCUT2D eigenvalue weighted by Crippen LogP contribution is 2.21. The molecule has 2 unspecified atom stereocenters. The molecule has 5 nitrogen and oxygen atoms in total. The second kappa shape index (κ2) is 6.41. The van der Waals surface area contributed by atoms with Gasteiger partial charge in [0.2, 0.25) is 0 Å². The molecule has 2 heterocycles. The zero-order valence-corrected chi connectivity index (χ0v) is 12.8. The molecule has 1 aliphatic rings. The summed E-state index contributed by atoms with van der Waals surface area (Å²) in [5.74, 6) is 0.555. The molecule has 0 spiro atoms. The predicted octanol–water partition coefficient (Wildman–Crippen LogP) is 2.42. The maximum atomic E-state index is 12.5. The molecule has 0 aliphatic carbocycles. The molecule has 1 amide bonds. The number of halogens is 1. The van der Waals surface area contributed by atoms with Gasteiger partial charge in [-0.3, -0.25) is 4.79 Å². The van der Waals surface area contributed by atoms with Crippen LogP contribution in [0, 0.1) is 0 Å². The molecule has 2 atom stereocenters. The van der Waals surface area contributed by atoms with E-state index in [1.165, 1.54) is 0 Å². The first-order valence-corrected chi connectivity index (χ1v) is 7.23. The lowest BCUT2D eigenvalue weighted by Crippen LogP contribution is -2.48. The highest BCUT2D eigenvalue weighted by atomic mass is 35.5. The maximum absolute atomic E-state index is 12.5. The van der Waals surface area contributed by atoms with Gasteiger partial charge in [-0.2, -0.15) is 0 Å². The van der Waals surface area contributed by atoms with Gasteiger partial charge in [-0.15, -0.1) is 0 Å². The van der Waals surface area contributed by atoms with Gasteiger partial charge >= 0.3 is 0 Å². The number of carbonyl (C=O) groups excluding carboxylic acids is 1. The molecule has 0 bridgehead atoms. The van der Waals surface area contributed by atoms with E-state index in [1.54, 1.807) is 17.2 Å². The number of nitrogens with one attached hydrogen (secondary N) is 1. The van der Waals surface area contributed by atoms with Crippen LogP contribution in [0.4, 0.5) is 5.82 Å². The fourth-order valence-corrected chi connectivity index (χ4v) is 2.61. The smallest absolute Gasteiger partial charge is 0.255 e. The van der Waals surface area contributed by atoms with E-state index in [-0.39, 0.29) is 18.1 Å². The number of amides is 1. The molecule has 0 aromatic carbocycles. The summed E-state index contributed by atoms with van der Waals surface area (Å²) in [7, 11) is 0. The molecule has 1 aliphatic heterocycles. The van der Waals surface area contributed by atoms with Crippen molar-refractivity contribution in [1.82, 2.24) is 9.88 Å². The minimum Gasteiger partial charge on any atom is -0.372 e. The Morgan fingerprint density at radius 2 is 2.15 bits per heavy atom. The summed E-state index contributed by atoms with van der Waals surface area (Å²) in [6.07, 6.45) is 1.66. The fraction of sp³-hybridized carbons (Fsp3) is 0.571. The molecule has 6 heteroatoms. The van der Waals surface area contributed by atoms with Crippen LogP contribution in [-0.4, -0.2) is 47.6 Å². The number of pyridine rings is 1. The largest absolute Gasteiger partial charge is 0.372 e. The number of morpholine rings is 1. The molecule has 0 radical (unpaired) electrons. The topological polar surface area (TPSA) is 54.5 Å². The van der Waals surface area contributed by atoms with Gasteiger partial charge in [0.05, 0.1) is 22.8 Å². The average Bonchev–Trinajstić information content (AvgIpc) is 2.39. The molecule has 1 aromatic heterocycles. The maximum Gasteiger partial charge on any atom is 0.255 e. The summed E-state index contributed by atoms with van der Waals surface area (Å²) in [5, 5.41) is 3.51. The predicted molar refractivity (Wildman–Crippen MR) is 79.3 cm³/mol. The van der Waals surface area contributed by atoms with Gasteiger partial charge < -0.3 is 15.0 Å². The number of hydrogen-bond donors (Lipinski definition) is 1. The third-order valence-electron chi connectivity index (χ3n) is 3.14. The first-order valence-electron chi connectivity index (χ1n) is 6.85. The van der Waals surface area contributed by atoms with Gasteiger partial charge in [0.1, 0.15) is 5.82 Å². The van der Waals surface area contributed by atoms with Crippen LogP contribution in [0.3, 0.4) is 0 Å². The quantitative estimate of drug-likeness (QED) is 0.931. The van der Waals surface area contributed by atoms with E-state index in [0.29, 0.717) is 29.5 Å². The van der Waals surface area contributed by atoms with Gasteiger partial charge in [0.15, 0.2) is 0 Å². The second-order valence-corrected chi connectivity index (χ2v) is 5.46. The van der Waals surface area contributed by atoms with Crippen LogP contribution in [0.2, 0.25) is 5.02 Å². The van der Waals surface area contributed by atoms with Crippen molar-refractivity contribution < 1.29 is 9.53 Å². The van der Waals surface area contributed by atoms with Gasteiger partial charge in [-0.25, -0.2) is 4.98 Å². The van der Waals surface area contributed by atoms with E-state index >= 15 is 0 Å². The lowest BCUT2D eigenvalue weighted by atomic mass is 10.2. The highest BCUT2D eigenvalue weighted by molar-refractivity contribution is 6.33. The molecular formula is C14H20ClN3O2. The van der Waals surface area contributed by atoms with Crippen LogP contribution >= 0.6 is 11.6 Å². The second-order valence-electron chi connectivity index (χ2n) is 5.05. The van der Waals surface area contributed by atoms with E-state index in [4.69, 9.17) is 16.3 Å². The Kier molecular flexibility index (Phi) is 4.83. The van der Waals surface area contributed by atoms with E-state index < -0.39 is 0 Å². The van der Waals surface area contributed by atoms with Crippen LogP contribution in [0.5, 0.6) is 0 Å². The van der Waals surface area contributed by atoms with Crippen LogP contribution < -0.4 is 5.32 Å². The first-order chi connectivity index (χ1) is 9.51. The van der Waals surface area contributed by atoms with Crippen molar-refractivity contribution in [3.63, 3.8) is 0 Å². The van der Waals surface area contributed by atoms with Crippen LogP contribution in [0.15, 0.2) is 12.3 Å². The molecule has 1 aromatic rings. The Morgan fingerprint density at radius 1 is 1.50 bits per heavy atom. The van der Waals surface area contributed by atoms with Crippen LogP contribution in [0.1, 0.15) is 31.1 Å². The monoisotopic (exact) mass is 297 g/mol. The molecule has 110 valence electrons. The summed E-state index contributed by atoms with van der Waals surface area (Å²) >= 11 is 6.13. The van der Waals surface area contributed by atoms with Gasteiger partial charge in [-0.1, -0.05) is 11.6 Å². The Morgan fingerprint density at radius 3 is 2.70 bits per heavy atom. The lowest BCUT2D eigenvalue weighted by Gasteiger charge is -2.35. The van der Waals surface area contributed by atoms with Gasteiger partial charge in [-0.05, 0) is 26.8 Å². The van der Waals surface area contributed by atoms with Crippen molar-refractivity contribution in [3.8, 4) is 0 Å². The lowest BCUT2D eigenvalue weighted by molar-refractivity contribution is -0.0586. The zero-order chi connectivity index (χ0) is 14.7. The summed E-state index contributed by atoms with van der Waals surface area (Å²) < 4.78 is 5.63. The summed E-state index contributed by atoms with van der Waals surface area (Å²) in [6, 6.07) is 1.67. The molecule has 0 saturated carbocycles. The molecule has 1 fully saturated rings. The van der Waals surface area contributed by atoms with E-state index in [2.05, 4.69) is 10.3 Å². The number of nitrogens with zero attached hydrogens (tertiary/aromatic N) is 2. The molecule has 1 saturated heterocycles. The number of aromatic nitrogens is 1. The van der Waals surface area contributed by atoms with Crippen molar-refractivity contribution in [2.24, 2.45) is 0 Å². The van der Waals surface area contributed by atoms with Crippen molar-refractivity contribution in [2.75, 3.05) is 25.0 Å². The SMILES string of the molecule is CCNc1ncc(C(=O)N2CC(C)OC(C)C2)cc1Cl. The van der Waals surface area contributed by atoms with Crippen molar-refractivity contribution >= 4 is 23.3 Å². The summed E-state index contributed by atoms with van der Waals surface area (Å²) in [6.45, 7) is 7.82. The highest BCUT2D eigenvalue weighted by Gasteiger charge is 2.27. The Balaban J connectivity index is 2.14. The van der Waals surface area contributed by atoms with Crippen molar-refractivity contribution in [3.05, 3.63) is 22.8 Å². The minimum absolute atomic E-state index is 0.0483.